The average molecular weight is 689 g/mol. The molecule has 0 amide bonds. The topological polar surface area (TPSA) is 8.17 Å². The van der Waals surface area contributed by atoms with Gasteiger partial charge in [-0.3, -0.25) is 0 Å². The van der Waals surface area contributed by atoms with E-state index in [2.05, 4.69) is 228 Å². The molecule has 0 saturated heterocycles. The van der Waals surface area contributed by atoms with E-state index in [-0.39, 0.29) is 0 Å². The monoisotopic (exact) mass is 688 g/mol. The van der Waals surface area contributed by atoms with E-state index in [0.29, 0.717) is 0 Å². The van der Waals surface area contributed by atoms with Gasteiger partial charge in [0.1, 0.15) is 0 Å². The van der Waals surface area contributed by atoms with E-state index in [1.165, 1.54) is 71.6 Å². The molecule has 54 heavy (non-hydrogen) atoms. The Morgan fingerprint density at radius 2 is 0.741 bits per heavy atom. The zero-order chi connectivity index (χ0) is 35.8. The van der Waals surface area contributed by atoms with Crippen molar-refractivity contribution in [2.75, 3.05) is 4.90 Å². The van der Waals surface area contributed by atoms with E-state index in [0.717, 1.165) is 17.1 Å². The van der Waals surface area contributed by atoms with Gasteiger partial charge in [0.2, 0.25) is 0 Å². The molecule has 0 aliphatic rings. The number of nitrogens with zero attached hydrogens (tertiary/aromatic N) is 2. The van der Waals surface area contributed by atoms with Crippen LogP contribution in [-0.2, 0) is 0 Å². The lowest BCUT2D eigenvalue weighted by Crippen LogP contribution is -2.09. The average Bonchev–Trinajstić information content (AvgIpc) is 3.60. The molecule has 9 aromatic carbocycles. The van der Waals surface area contributed by atoms with Crippen LogP contribution in [0.3, 0.4) is 0 Å². The summed E-state index contributed by atoms with van der Waals surface area (Å²) in [6.07, 6.45) is 0. The van der Waals surface area contributed by atoms with E-state index in [1.807, 2.05) is 0 Å². The first kappa shape index (κ1) is 31.6. The maximum atomic E-state index is 2.42. The van der Waals surface area contributed by atoms with Crippen molar-refractivity contribution in [3.8, 4) is 39.1 Å². The third-order valence-electron chi connectivity index (χ3n) is 10.6. The van der Waals surface area contributed by atoms with Crippen LogP contribution < -0.4 is 4.90 Å². The van der Waals surface area contributed by atoms with Crippen molar-refractivity contribution < 1.29 is 0 Å². The Labute approximate surface area is 315 Å². The lowest BCUT2D eigenvalue weighted by Gasteiger charge is -2.26. The molecule has 10 rings (SSSR count). The van der Waals surface area contributed by atoms with Gasteiger partial charge in [-0.25, -0.2) is 0 Å². The zero-order valence-corrected chi connectivity index (χ0v) is 29.7. The summed E-state index contributed by atoms with van der Waals surface area (Å²) in [7, 11) is 0. The Bertz CT molecular complexity index is 2790. The Hall–Kier alpha value is -7.16. The Morgan fingerprint density at radius 1 is 0.296 bits per heavy atom. The molecule has 0 aliphatic heterocycles. The fraction of sp³-hybridized carbons (Fsp3) is 0. The molecule has 2 heteroatoms. The van der Waals surface area contributed by atoms with Gasteiger partial charge in [-0.15, -0.1) is 0 Å². The minimum atomic E-state index is 1.10. The van der Waals surface area contributed by atoms with Gasteiger partial charge in [-0.05, 0) is 99.4 Å². The maximum Gasteiger partial charge on any atom is 0.0619 e. The Kier molecular flexibility index (Phi) is 7.85. The van der Waals surface area contributed by atoms with Crippen LogP contribution in [0.5, 0.6) is 0 Å². The molecular weight excluding hydrogens is 653 g/mol. The molecule has 1 heterocycles. The van der Waals surface area contributed by atoms with Crippen LogP contribution in [0.15, 0.2) is 218 Å². The lowest BCUT2D eigenvalue weighted by atomic mass is 10.0. The quantitative estimate of drug-likeness (QED) is 0.162. The molecule has 0 unspecified atom stereocenters. The fourth-order valence-corrected chi connectivity index (χ4v) is 7.92. The smallest absolute Gasteiger partial charge is 0.0619 e. The van der Waals surface area contributed by atoms with Crippen molar-refractivity contribution in [1.82, 2.24) is 4.57 Å². The standard InChI is InChI=1S/C52H36N2/c1-4-12-37(13-5-1)39-20-28-45(29-21-39)53(46-30-22-40(23-31-46)38-14-6-2-7-15-38)47-32-24-41(25-33-47)43-27-35-51-50(36-43)49-34-26-42-16-10-11-19-48(42)52(49)54(51)44-17-8-3-9-18-44/h1-36H. The first-order valence-corrected chi connectivity index (χ1v) is 18.5. The molecule has 10 aromatic rings. The van der Waals surface area contributed by atoms with Gasteiger partial charge in [-0.1, -0.05) is 158 Å². The summed E-state index contributed by atoms with van der Waals surface area (Å²) in [5.74, 6) is 0. The summed E-state index contributed by atoms with van der Waals surface area (Å²) in [4.78, 5) is 2.34. The number of anilines is 3. The number of benzene rings is 9. The molecule has 0 radical (unpaired) electrons. The number of aromatic nitrogens is 1. The number of para-hydroxylation sites is 1. The van der Waals surface area contributed by atoms with Crippen LogP contribution >= 0.6 is 0 Å². The molecular formula is C52H36N2. The van der Waals surface area contributed by atoms with Gasteiger partial charge in [0.05, 0.1) is 11.0 Å². The minimum Gasteiger partial charge on any atom is -0.311 e. The molecule has 0 saturated carbocycles. The second-order valence-corrected chi connectivity index (χ2v) is 13.8. The van der Waals surface area contributed by atoms with Crippen LogP contribution in [0, 0.1) is 0 Å². The van der Waals surface area contributed by atoms with Gasteiger partial charge in [0.15, 0.2) is 0 Å². The molecule has 0 spiro atoms. The highest BCUT2D eigenvalue weighted by atomic mass is 15.1. The summed E-state index contributed by atoms with van der Waals surface area (Å²) in [6, 6.07) is 78.8. The van der Waals surface area contributed by atoms with Gasteiger partial charge in [0.25, 0.3) is 0 Å². The summed E-state index contributed by atoms with van der Waals surface area (Å²) in [6.45, 7) is 0. The van der Waals surface area contributed by atoms with Gasteiger partial charge >= 0.3 is 0 Å². The van der Waals surface area contributed by atoms with Crippen LogP contribution in [0.25, 0.3) is 71.6 Å². The Morgan fingerprint density at radius 3 is 1.30 bits per heavy atom. The predicted molar refractivity (Wildman–Crippen MR) is 229 cm³/mol. The second-order valence-electron chi connectivity index (χ2n) is 13.8. The van der Waals surface area contributed by atoms with Crippen molar-refractivity contribution in [1.29, 1.82) is 0 Å². The van der Waals surface area contributed by atoms with Gasteiger partial charge in [-0.2, -0.15) is 0 Å². The largest absolute Gasteiger partial charge is 0.311 e. The molecule has 0 fully saturated rings. The van der Waals surface area contributed by atoms with Crippen LogP contribution in [0.4, 0.5) is 17.1 Å². The predicted octanol–water partition coefficient (Wildman–Crippen LogP) is 14.4. The number of hydrogen-bond acceptors (Lipinski definition) is 1. The van der Waals surface area contributed by atoms with E-state index in [4.69, 9.17) is 0 Å². The molecule has 1 aromatic heterocycles. The van der Waals surface area contributed by atoms with Crippen molar-refractivity contribution in [2.45, 2.75) is 0 Å². The van der Waals surface area contributed by atoms with Gasteiger partial charge < -0.3 is 9.47 Å². The Balaban J connectivity index is 1.06. The third kappa shape index (κ3) is 5.62. The summed E-state index contributed by atoms with van der Waals surface area (Å²) >= 11 is 0. The van der Waals surface area contributed by atoms with Crippen molar-refractivity contribution >= 4 is 49.6 Å². The molecule has 2 nitrogen and oxygen atoms in total. The zero-order valence-electron chi connectivity index (χ0n) is 29.7. The number of rotatable bonds is 7. The molecule has 254 valence electrons. The normalized spacial score (nSPS) is 11.3. The van der Waals surface area contributed by atoms with E-state index >= 15 is 0 Å². The number of fused-ring (bicyclic) bond motifs is 5. The summed E-state index contributed by atoms with van der Waals surface area (Å²) in [5, 5.41) is 5.01. The summed E-state index contributed by atoms with van der Waals surface area (Å²) < 4.78 is 2.42. The highest BCUT2D eigenvalue weighted by molar-refractivity contribution is 6.19. The second kappa shape index (κ2) is 13.4. The number of hydrogen-bond donors (Lipinski definition) is 0. The van der Waals surface area contributed by atoms with Crippen molar-refractivity contribution in [2.24, 2.45) is 0 Å². The first-order valence-electron chi connectivity index (χ1n) is 18.5. The first-order chi connectivity index (χ1) is 26.8. The fourth-order valence-electron chi connectivity index (χ4n) is 7.92. The maximum absolute atomic E-state index is 2.42. The minimum absolute atomic E-state index is 1.10. The van der Waals surface area contributed by atoms with Crippen molar-refractivity contribution in [3.63, 3.8) is 0 Å². The molecule has 0 atom stereocenters. The summed E-state index contributed by atoms with van der Waals surface area (Å²) in [5.41, 5.74) is 14.1. The van der Waals surface area contributed by atoms with E-state index < -0.39 is 0 Å². The van der Waals surface area contributed by atoms with Crippen LogP contribution in [-0.4, -0.2) is 4.57 Å². The van der Waals surface area contributed by atoms with E-state index in [1.54, 1.807) is 0 Å². The molecule has 0 bridgehead atoms. The lowest BCUT2D eigenvalue weighted by molar-refractivity contribution is 1.19. The molecule has 0 aliphatic carbocycles. The highest BCUT2D eigenvalue weighted by Gasteiger charge is 2.17. The van der Waals surface area contributed by atoms with Crippen LogP contribution in [0.2, 0.25) is 0 Å². The SMILES string of the molecule is c1ccc(-c2ccc(N(c3ccc(-c4ccccc4)cc3)c3ccc(-c4ccc5c(c4)c4ccc6ccccc6c4n5-c4ccccc4)cc3)cc2)cc1. The van der Waals surface area contributed by atoms with Crippen LogP contribution in [0.1, 0.15) is 0 Å². The van der Waals surface area contributed by atoms with Crippen molar-refractivity contribution in [3.05, 3.63) is 218 Å². The van der Waals surface area contributed by atoms with Gasteiger partial charge in [0, 0.05) is 38.9 Å². The van der Waals surface area contributed by atoms with E-state index in [9.17, 15) is 0 Å². The highest BCUT2D eigenvalue weighted by Crippen LogP contribution is 2.40. The molecule has 0 N–H and O–H groups in total. The third-order valence-corrected chi connectivity index (χ3v) is 10.6.